The van der Waals surface area contributed by atoms with Crippen molar-refractivity contribution in [2.24, 2.45) is 0 Å². The maximum Gasteiger partial charge on any atom is 0.152 e. The molecule has 8 heavy (non-hydrogen) atoms. The highest BCUT2D eigenvalue weighted by Crippen LogP contribution is 1.67. The first kappa shape index (κ1) is 15.7. The summed E-state index contributed by atoms with van der Waals surface area (Å²) in [5.41, 5.74) is 0. The molecule has 0 aliphatic heterocycles. The topological polar surface area (TPSA) is 98.0 Å². The fourth-order valence-corrected chi connectivity index (χ4v) is 0. The van der Waals surface area contributed by atoms with E-state index in [4.69, 9.17) is 23.0 Å². The maximum absolute atomic E-state index is 8.00. The minimum atomic E-state index is -0.250. The molecule has 0 atom stereocenters. The second-order valence-electron chi connectivity index (χ2n) is 0.163. The van der Waals surface area contributed by atoms with Crippen molar-refractivity contribution in [3.8, 4) is 0 Å². The predicted octanol–water partition coefficient (Wildman–Crippen LogP) is 1.15. The SMILES string of the molecule is C=O.OSO.OSO. The van der Waals surface area contributed by atoms with Gasteiger partial charge in [0, 0.05) is 0 Å². The van der Waals surface area contributed by atoms with Crippen molar-refractivity contribution in [1.29, 1.82) is 0 Å². The lowest BCUT2D eigenvalue weighted by atomic mass is 11.9. The standard InChI is InChI=1S/CH2O.2H2O2S/c1-2;2*1-3-2/h1H2;2*1-2H. The third-order valence-corrected chi connectivity index (χ3v) is 0. The van der Waals surface area contributed by atoms with E-state index in [9.17, 15) is 0 Å². The summed E-state index contributed by atoms with van der Waals surface area (Å²) in [6.07, 6.45) is 0. The van der Waals surface area contributed by atoms with Crippen LogP contribution >= 0.6 is 24.6 Å². The first-order valence-corrected chi connectivity index (χ1v) is 2.48. The Morgan fingerprint density at radius 2 is 0.875 bits per heavy atom. The van der Waals surface area contributed by atoms with Crippen molar-refractivity contribution in [3.05, 3.63) is 0 Å². The van der Waals surface area contributed by atoms with Crippen LogP contribution in [0.5, 0.6) is 0 Å². The quantitative estimate of drug-likeness (QED) is 0.396. The highest BCUT2D eigenvalue weighted by Gasteiger charge is 1.36. The molecule has 52 valence electrons. The average Bonchev–Trinajstić information content (AvgIpc) is 1.75. The highest BCUT2D eigenvalue weighted by atomic mass is 32.2. The molecule has 7 heteroatoms. The first-order valence-electron chi connectivity index (χ1n) is 1.02. The molecule has 0 aromatic rings. The zero-order valence-corrected chi connectivity index (χ0v) is 5.35. The summed E-state index contributed by atoms with van der Waals surface area (Å²) in [7, 11) is 0. The van der Waals surface area contributed by atoms with Gasteiger partial charge in [0.05, 0.1) is 0 Å². The van der Waals surface area contributed by atoms with Gasteiger partial charge in [0.2, 0.25) is 0 Å². The summed E-state index contributed by atoms with van der Waals surface area (Å²) in [5.74, 6) is 0. The fourth-order valence-electron chi connectivity index (χ4n) is 0. The van der Waals surface area contributed by atoms with Gasteiger partial charge in [-0.25, -0.2) is 0 Å². The smallest absolute Gasteiger partial charge is 0.152 e. The van der Waals surface area contributed by atoms with Gasteiger partial charge < -0.3 is 23.0 Å². The van der Waals surface area contributed by atoms with E-state index in [0.29, 0.717) is 0 Å². The number of carbonyl (C=O) groups excluding carboxylic acids is 1. The Balaban J connectivity index is -0.0000000483. The van der Waals surface area contributed by atoms with E-state index in [1.54, 1.807) is 0 Å². The average molecular weight is 162 g/mol. The zero-order valence-electron chi connectivity index (χ0n) is 3.72. The molecular formula is CH6O5S2. The Morgan fingerprint density at radius 1 is 0.875 bits per heavy atom. The van der Waals surface area contributed by atoms with Crippen LogP contribution < -0.4 is 0 Å². The molecule has 0 fully saturated rings. The third-order valence-electron chi connectivity index (χ3n) is 0. The largest absolute Gasteiger partial charge is 0.307 e. The summed E-state index contributed by atoms with van der Waals surface area (Å²) in [6.45, 7) is 2.00. The minimum Gasteiger partial charge on any atom is -0.307 e. The Labute approximate surface area is 55.2 Å². The Hall–Kier alpha value is 0.210. The molecule has 4 N–H and O–H groups in total. The molecule has 0 radical (unpaired) electrons. The predicted molar refractivity (Wildman–Crippen MR) is 32.8 cm³/mol. The van der Waals surface area contributed by atoms with Gasteiger partial charge in [-0.3, -0.25) is 0 Å². The summed E-state index contributed by atoms with van der Waals surface area (Å²) in [5, 5.41) is 0. The second-order valence-corrected chi connectivity index (χ2v) is 0.490. The van der Waals surface area contributed by atoms with Gasteiger partial charge in [-0.05, 0) is 0 Å². The molecule has 0 bridgehead atoms. The van der Waals surface area contributed by atoms with Gasteiger partial charge in [0.15, 0.2) is 24.6 Å². The minimum absolute atomic E-state index is 0.250. The van der Waals surface area contributed by atoms with Crippen LogP contribution in [-0.2, 0) is 4.79 Å². The van der Waals surface area contributed by atoms with Gasteiger partial charge >= 0.3 is 0 Å². The molecule has 0 saturated heterocycles. The van der Waals surface area contributed by atoms with Crippen molar-refractivity contribution in [1.82, 2.24) is 0 Å². The Morgan fingerprint density at radius 3 is 0.875 bits per heavy atom. The van der Waals surface area contributed by atoms with E-state index in [2.05, 4.69) is 0 Å². The van der Waals surface area contributed by atoms with Crippen molar-refractivity contribution in [3.63, 3.8) is 0 Å². The molecular weight excluding hydrogens is 156 g/mol. The zero-order chi connectivity index (χ0) is 7.41. The molecule has 0 heterocycles. The summed E-state index contributed by atoms with van der Waals surface area (Å²) in [6, 6.07) is 0. The van der Waals surface area contributed by atoms with Crippen molar-refractivity contribution in [2.45, 2.75) is 0 Å². The van der Waals surface area contributed by atoms with Crippen LogP contribution in [-0.4, -0.2) is 25.0 Å². The molecule has 0 aromatic carbocycles. The normalized spacial score (nSPS) is 5.00. The van der Waals surface area contributed by atoms with Gasteiger partial charge in [0.1, 0.15) is 6.79 Å². The molecule has 0 amide bonds. The molecule has 0 rings (SSSR count). The van der Waals surface area contributed by atoms with Gasteiger partial charge in [0.25, 0.3) is 0 Å². The van der Waals surface area contributed by atoms with Crippen molar-refractivity contribution in [2.75, 3.05) is 0 Å². The van der Waals surface area contributed by atoms with Crippen LogP contribution in [0.4, 0.5) is 0 Å². The monoisotopic (exact) mass is 162 g/mol. The van der Waals surface area contributed by atoms with E-state index >= 15 is 0 Å². The number of rotatable bonds is 0. The number of carbonyl (C=O) groups is 1. The van der Waals surface area contributed by atoms with E-state index < -0.39 is 0 Å². The molecule has 0 spiro atoms. The van der Waals surface area contributed by atoms with Crippen LogP contribution in [0.1, 0.15) is 0 Å². The van der Waals surface area contributed by atoms with Crippen LogP contribution in [0.25, 0.3) is 0 Å². The van der Waals surface area contributed by atoms with Crippen LogP contribution in [0.2, 0.25) is 0 Å². The lowest BCUT2D eigenvalue weighted by Gasteiger charge is -1.51. The van der Waals surface area contributed by atoms with E-state index in [-0.39, 0.29) is 24.6 Å². The van der Waals surface area contributed by atoms with Crippen molar-refractivity contribution < 1.29 is 23.0 Å². The summed E-state index contributed by atoms with van der Waals surface area (Å²) >= 11 is -0.500. The van der Waals surface area contributed by atoms with Crippen LogP contribution in [0.15, 0.2) is 0 Å². The summed E-state index contributed by atoms with van der Waals surface area (Å²) < 4.78 is 28.2. The maximum atomic E-state index is 8.00. The van der Waals surface area contributed by atoms with Crippen molar-refractivity contribution >= 4 is 31.4 Å². The molecule has 0 aliphatic rings. The van der Waals surface area contributed by atoms with E-state index in [1.165, 1.54) is 0 Å². The van der Waals surface area contributed by atoms with Crippen LogP contribution in [0, 0.1) is 0 Å². The van der Waals surface area contributed by atoms with E-state index in [0.717, 1.165) is 0 Å². The van der Waals surface area contributed by atoms with Gasteiger partial charge in [-0.1, -0.05) is 0 Å². The van der Waals surface area contributed by atoms with Crippen LogP contribution in [0.3, 0.4) is 0 Å². The molecule has 0 aromatic heterocycles. The first-order chi connectivity index (χ1) is 3.83. The highest BCUT2D eigenvalue weighted by molar-refractivity contribution is 7.88. The lowest BCUT2D eigenvalue weighted by molar-refractivity contribution is -0.0979. The Bertz CT molecular complexity index is 17.9. The lowest BCUT2D eigenvalue weighted by Crippen LogP contribution is -1.31. The number of hydrogen-bond acceptors (Lipinski definition) is 7. The molecule has 0 unspecified atom stereocenters. The third kappa shape index (κ3) is 3820. The second kappa shape index (κ2) is 56.9. The molecule has 0 saturated carbocycles. The van der Waals surface area contributed by atoms with Gasteiger partial charge in [-0.15, -0.1) is 0 Å². The number of hydrogen-bond donors (Lipinski definition) is 4. The molecule has 5 nitrogen and oxygen atoms in total. The Kier molecular flexibility index (Phi) is 112. The molecule has 0 aliphatic carbocycles. The van der Waals surface area contributed by atoms with Gasteiger partial charge in [-0.2, -0.15) is 0 Å². The summed E-state index contributed by atoms with van der Waals surface area (Å²) in [4.78, 5) is 8.00. The fraction of sp³-hybridized carbons (Fsp3) is 0. The van der Waals surface area contributed by atoms with E-state index in [1.807, 2.05) is 6.79 Å².